The van der Waals surface area contributed by atoms with E-state index in [9.17, 15) is 74.6 Å². The molecule has 0 bridgehead atoms. The van der Waals surface area contributed by atoms with Crippen LogP contribution in [0.1, 0.15) is 16.7 Å². The third-order valence-electron chi connectivity index (χ3n) is 5.12. The van der Waals surface area contributed by atoms with E-state index in [2.05, 4.69) is 20.9 Å². The minimum absolute atomic E-state index is 2.26. The molecule has 0 aliphatic rings. The van der Waals surface area contributed by atoms with E-state index in [1.54, 1.807) is 0 Å². The van der Waals surface area contributed by atoms with Gasteiger partial charge in [0.2, 0.25) is 28.9 Å². The monoisotopic (exact) mass is 658 g/mol. The first-order chi connectivity index (χ1) is 19.3. The Kier molecular flexibility index (Phi) is 8.01. The third-order valence-corrected chi connectivity index (χ3v) is 5.12. The molecule has 0 spiro atoms. The highest BCUT2D eigenvalue weighted by atomic mass is 19.4. The van der Waals surface area contributed by atoms with Crippen molar-refractivity contribution < 1.29 is 88.5 Å². The lowest BCUT2D eigenvalue weighted by Crippen LogP contribution is -2.18. The summed E-state index contributed by atoms with van der Waals surface area (Å²) in [6, 6.07) is 0. The van der Waals surface area contributed by atoms with Crippen LogP contribution in [-0.4, -0.2) is 0 Å². The van der Waals surface area contributed by atoms with Gasteiger partial charge in [0.25, 0.3) is 0 Å². The van der Waals surface area contributed by atoms with Gasteiger partial charge in [-0.1, -0.05) is 0 Å². The summed E-state index contributed by atoms with van der Waals surface area (Å²) in [4.78, 5) is 0. The molecule has 0 fully saturated rings. The number of hydrogen-bond acceptors (Lipinski definition) is 4. The highest BCUT2D eigenvalue weighted by Gasteiger charge is 2.47. The van der Waals surface area contributed by atoms with Crippen molar-refractivity contribution in [3.8, 4) is 23.0 Å². The van der Waals surface area contributed by atoms with Gasteiger partial charge in [0.05, 0.1) is 0 Å². The molecule has 3 aromatic carbocycles. The molecule has 0 heterocycles. The van der Waals surface area contributed by atoms with Crippen LogP contribution in [0.5, 0.6) is 23.0 Å². The van der Waals surface area contributed by atoms with Crippen LogP contribution in [0.2, 0.25) is 0 Å². The highest BCUT2D eigenvalue weighted by Crippen LogP contribution is 2.50. The van der Waals surface area contributed by atoms with Crippen molar-refractivity contribution in [1.82, 2.24) is 0 Å². The molecule has 22 heteroatoms. The quantitative estimate of drug-likeness (QED) is 0.167. The predicted molar refractivity (Wildman–Crippen MR) is 103 cm³/mol. The summed E-state index contributed by atoms with van der Waals surface area (Å²) in [6.07, 6.45) is -18.7. The summed E-state index contributed by atoms with van der Waals surface area (Å²) in [5.41, 5.74) is -4.86. The number of rotatable bonds is 4. The van der Waals surface area contributed by atoms with Crippen molar-refractivity contribution in [2.75, 3.05) is 11.5 Å². The van der Waals surface area contributed by atoms with Gasteiger partial charge in [-0.15, -0.1) is 0 Å². The van der Waals surface area contributed by atoms with Gasteiger partial charge in [0.15, 0.2) is 46.5 Å². The molecule has 3 rings (SSSR count). The first kappa shape index (κ1) is 33.1. The van der Waals surface area contributed by atoms with E-state index in [0.29, 0.717) is 0 Å². The summed E-state index contributed by atoms with van der Waals surface area (Å²) in [5, 5.41) is 0. The number of hydrogen-bond donors (Lipinski definition) is 2. The second kappa shape index (κ2) is 10.4. The van der Waals surface area contributed by atoms with Crippen LogP contribution in [0, 0.1) is 52.4 Å². The maximum atomic E-state index is 15.1. The normalized spacial score (nSPS) is 12.6. The largest absolute Gasteiger partial charge is 0.447 e. The summed E-state index contributed by atoms with van der Waals surface area (Å²) >= 11 is 0. The molecule has 0 radical (unpaired) electrons. The number of halogens is 18. The molecule has 3 aromatic rings. The molecule has 0 amide bonds. The Balaban J connectivity index is 2.43. The van der Waals surface area contributed by atoms with Gasteiger partial charge >= 0.3 is 18.5 Å². The van der Waals surface area contributed by atoms with Gasteiger partial charge < -0.3 is 20.9 Å². The number of ether oxygens (including phenoxy) is 2. The zero-order valence-corrected chi connectivity index (χ0v) is 19.3. The van der Waals surface area contributed by atoms with E-state index < -0.39 is 122 Å². The first-order valence-electron chi connectivity index (χ1n) is 10.0. The molecule has 0 aliphatic carbocycles. The van der Waals surface area contributed by atoms with Crippen LogP contribution in [0.15, 0.2) is 0 Å². The summed E-state index contributed by atoms with van der Waals surface area (Å²) in [5.74, 6) is -39.4. The van der Waals surface area contributed by atoms with Crippen LogP contribution < -0.4 is 20.9 Å². The molecular weight excluding hydrogens is 654 g/mol. The lowest BCUT2D eigenvalue weighted by Gasteiger charge is -2.21. The average Bonchev–Trinajstić information content (AvgIpc) is 2.84. The standard InChI is InChI=1S/C21H4F18N2O2/c22-4-3(21(37,38)39)15(42-16-7(25)1(19(31,32)33)5(23)13(40)10(16)28)12(30)18(9(4)27)43-17-8(26)2(20(34,35)36)6(24)14(41)11(17)29/h40-41H2. The van der Waals surface area contributed by atoms with Gasteiger partial charge in [-0.05, 0) is 0 Å². The highest BCUT2D eigenvalue weighted by molar-refractivity contribution is 5.58. The Hall–Kier alpha value is -4.40. The number of anilines is 2. The Morgan fingerprint density at radius 3 is 0.953 bits per heavy atom. The smallest absolute Gasteiger partial charge is 0.423 e. The van der Waals surface area contributed by atoms with Crippen molar-refractivity contribution in [2.24, 2.45) is 0 Å². The van der Waals surface area contributed by atoms with Crippen molar-refractivity contribution in [2.45, 2.75) is 18.5 Å². The zero-order valence-electron chi connectivity index (χ0n) is 19.3. The van der Waals surface area contributed by atoms with Crippen LogP contribution in [0.3, 0.4) is 0 Å². The van der Waals surface area contributed by atoms with Crippen LogP contribution >= 0.6 is 0 Å². The fourth-order valence-electron chi connectivity index (χ4n) is 3.26. The van der Waals surface area contributed by atoms with Crippen LogP contribution in [-0.2, 0) is 18.5 Å². The fourth-order valence-corrected chi connectivity index (χ4v) is 3.26. The molecule has 0 saturated heterocycles. The van der Waals surface area contributed by atoms with Crippen molar-refractivity contribution in [1.29, 1.82) is 0 Å². The minimum Gasteiger partial charge on any atom is -0.447 e. The van der Waals surface area contributed by atoms with Crippen molar-refractivity contribution in [3.05, 3.63) is 69.0 Å². The second-order valence-corrected chi connectivity index (χ2v) is 7.79. The summed E-state index contributed by atoms with van der Waals surface area (Å²) in [7, 11) is 0. The average molecular weight is 658 g/mol. The molecule has 4 N–H and O–H groups in total. The van der Waals surface area contributed by atoms with Crippen LogP contribution in [0.4, 0.5) is 90.4 Å². The predicted octanol–water partition coefficient (Wildman–Crippen LogP) is 8.74. The second-order valence-electron chi connectivity index (χ2n) is 7.79. The van der Waals surface area contributed by atoms with E-state index in [1.165, 1.54) is 0 Å². The zero-order chi connectivity index (χ0) is 33.3. The van der Waals surface area contributed by atoms with Crippen molar-refractivity contribution in [3.63, 3.8) is 0 Å². The van der Waals surface area contributed by atoms with Gasteiger partial charge in [-0.2, -0.15) is 48.3 Å². The lowest BCUT2D eigenvalue weighted by atomic mass is 10.1. The molecule has 0 aromatic heterocycles. The van der Waals surface area contributed by atoms with Gasteiger partial charge in [0.1, 0.15) is 28.1 Å². The molecule has 0 saturated carbocycles. The number of nitrogens with two attached hydrogens (primary N) is 2. The molecule has 43 heavy (non-hydrogen) atoms. The fraction of sp³-hybridized carbons (Fsp3) is 0.143. The Labute approximate surface area is 223 Å². The van der Waals surface area contributed by atoms with E-state index in [0.717, 1.165) is 0 Å². The molecule has 0 aliphatic heterocycles. The van der Waals surface area contributed by atoms with Gasteiger partial charge in [0, 0.05) is 0 Å². The Morgan fingerprint density at radius 1 is 0.326 bits per heavy atom. The lowest BCUT2D eigenvalue weighted by molar-refractivity contribution is -0.143. The summed E-state index contributed by atoms with van der Waals surface area (Å²) < 4.78 is 256. The van der Waals surface area contributed by atoms with E-state index in [1.807, 2.05) is 0 Å². The molecule has 4 nitrogen and oxygen atoms in total. The maximum Gasteiger partial charge on any atom is 0.423 e. The molecule has 236 valence electrons. The number of nitrogen functional groups attached to an aromatic ring is 2. The van der Waals surface area contributed by atoms with E-state index in [4.69, 9.17) is 0 Å². The van der Waals surface area contributed by atoms with E-state index >= 15 is 4.39 Å². The number of benzene rings is 3. The summed E-state index contributed by atoms with van der Waals surface area (Å²) in [6.45, 7) is 0. The van der Waals surface area contributed by atoms with Gasteiger partial charge in [-0.25, -0.2) is 30.7 Å². The topological polar surface area (TPSA) is 70.5 Å². The Morgan fingerprint density at radius 2 is 0.628 bits per heavy atom. The molecule has 0 unspecified atom stereocenters. The third kappa shape index (κ3) is 5.44. The molecule has 0 atom stereocenters. The molecular formula is C21H4F18N2O2. The number of alkyl halides is 9. The van der Waals surface area contributed by atoms with Crippen molar-refractivity contribution >= 4 is 11.4 Å². The minimum atomic E-state index is -6.41. The first-order valence-corrected chi connectivity index (χ1v) is 10.0. The maximum absolute atomic E-state index is 15.1. The SMILES string of the molecule is Nc1c(F)c(Oc2c(F)c(F)c(C(F)(F)F)c(Oc3c(F)c(N)c(F)c(C(F)(F)F)c3F)c2F)c(F)c(C(F)(F)F)c1F. The van der Waals surface area contributed by atoms with E-state index in [-0.39, 0.29) is 0 Å². The van der Waals surface area contributed by atoms with Crippen LogP contribution in [0.25, 0.3) is 0 Å². The Bertz CT molecular complexity index is 1640. The van der Waals surface area contributed by atoms with Gasteiger partial charge in [-0.3, -0.25) is 0 Å².